The first-order valence-corrected chi connectivity index (χ1v) is 8.89. The molecule has 26 heavy (non-hydrogen) atoms. The van der Waals surface area contributed by atoms with Gasteiger partial charge in [-0.3, -0.25) is 19.6 Å². The van der Waals surface area contributed by atoms with Crippen LogP contribution in [0.4, 0.5) is 5.69 Å². The Morgan fingerprint density at radius 1 is 1.31 bits per heavy atom. The Labute approximate surface area is 151 Å². The summed E-state index contributed by atoms with van der Waals surface area (Å²) in [6.07, 6.45) is 3.13. The van der Waals surface area contributed by atoms with Crippen LogP contribution in [0.1, 0.15) is 60.8 Å². The number of aromatic nitrogens is 2. The van der Waals surface area contributed by atoms with Crippen molar-refractivity contribution >= 4 is 11.6 Å². The largest absolute Gasteiger partial charge is 0.454 e. The summed E-state index contributed by atoms with van der Waals surface area (Å²) in [6.45, 7) is 7.64. The van der Waals surface area contributed by atoms with Gasteiger partial charge in [0, 0.05) is 12.1 Å². The number of carbonyl (C=O) groups excluding carboxylic acids is 1. The van der Waals surface area contributed by atoms with Gasteiger partial charge in [-0.05, 0) is 59.1 Å². The van der Waals surface area contributed by atoms with Crippen molar-refractivity contribution < 1.29 is 14.1 Å². The van der Waals surface area contributed by atoms with Crippen LogP contribution in [0.5, 0.6) is 0 Å². The van der Waals surface area contributed by atoms with Gasteiger partial charge >= 0.3 is 5.69 Å². The Balaban J connectivity index is 1.79. The smallest absolute Gasteiger partial charge is 0.312 e. The fourth-order valence-electron chi connectivity index (χ4n) is 3.78. The second-order valence-corrected chi connectivity index (χ2v) is 7.04. The van der Waals surface area contributed by atoms with E-state index in [4.69, 9.17) is 4.42 Å². The number of furan rings is 1. The second-order valence-electron chi connectivity index (χ2n) is 7.04. The molecule has 2 aromatic heterocycles. The zero-order valence-electron chi connectivity index (χ0n) is 15.6. The molecule has 140 valence electrons. The number of rotatable bonds is 4. The van der Waals surface area contributed by atoms with Crippen molar-refractivity contribution in [2.24, 2.45) is 0 Å². The molecule has 8 heteroatoms. The molecule has 0 aliphatic carbocycles. The summed E-state index contributed by atoms with van der Waals surface area (Å²) < 4.78 is 7.28. The summed E-state index contributed by atoms with van der Waals surface area (Å²) in [5.41, 5.74) is 0.852. The molecule has 0 bridgehead atoms. The van der Waals surface area contributed by atoms with Crippen molar-refractivity contribution in [2.75, 3.05) is 0 Å². The number of hydrogen-bond acceptors (Lipinski definition) is 5. The van der Waals surface area contributed by atoms with Crippen molar-refractivity contribution in [2.45, 2.75) is 65.6 Å². The standard InChI is InChI=1S/C18H24N4O4/c1-11-6-5-7-12(2)21(11)18(23)16-9-8-15(26-16)10-20-14(4)17(22(24)25)13(3)19-20/h8-9,11-12H,5-7,10H2,1-4H3. The molecule has 1 fully saturated rings. The third kappa shape index (κ3) is 3.23. The van der Waals surface area contributed by atoms with E-state index in [-0.39, 0.29) is 30.2 Å². The molecule has 2 unspecified atom stereocenters. The van der Waals surface area contributed by atoms with Crippen molar-refractivity contribution in [3.8, 4) is 0 Å². The maximum absolute atomic E-state index is 12.8. The van der Waals surface area contributed by atoms with Gasteiger partial charge in [0.25, 0.3) is 5.91 Å². The van der Waals surface area contributed by atoms with Gasteiger partial charge in [0.15, 0.2) is 5.76 Å². The molecule has 1 saturated heterocycles. The summed E-state index contributed by atoms with van der Waals surface area (Å²) in [7, 11) is 0. The number of carbonyl (C=O) groups is 1. The van der Waals surface area contributed by atoms with Crippen LogP contribution in [0.25, 0.3) is 0 Å². The predicted octanol–water partition coefficient (Wildman–Crippen LogP) is 3.45. The molecule has 0 saturated carbocycles. The maximum Gasteiger partial charge on any atom is 0.312 e. The van der Waals surface area contributed by atoms with Crippen molar-refractivity contribution in [1.29, 1.82) is 0 Å². The van der Waals surface area contributed by atoms with Crippen LogP contribution in [0.15, 0.2) is 16.5 Å². The number of amides is 1. The summed E-state index contributed by atoms with van der Waals surface area (Å²) in [6, 6.07) is 3.79. The van der Waals surface area contributed by atoms with Crippen LogP contribution in [-0.4, -0.2) is 37.6 Å². The van der Waals surface area contributed by atoms with E-state index in [1.807, 2.05) is 4.90 Å². The topological polar surface area (TPSA) is 94.4 Å². The molecule has 0 N–H and O–H groups in total. The zero-order chi connectivity index (χ0) is 19.0. The summed E-state index contributed by atoms with van der Waals surface area (Å²) in [5.74, 6) is 0.748. The first-order chi connectivity index (χ1) is 12.3. The lowest BCUT2D eigenvalue weighted by atomic mass is 9.97. The maximum atomic E-state index is 12.8. The number of likely N-dealkylation sites (tertiary alicyclic amines) is 1. The van der Waals surface area contributed by atoms with Gasteiger partial charge in [-0.2, -0.15) is 5.10 Å². The van der Waals surface area contributed by atoms with E-state index < -0.39 is 4.92 Å². The molecule has 3 heterocycles. The van der Waals surface area contributed by atoms with Crippen LogP contribution in [0.2, 0.25) is 0 Å². The SMILES string of the molecule is Cc1nn(Cc2ccc(C(=O)N3C(C)CCCC3C)o2)c(C)c1[N+](=O)[O-]. The quantitative estimate of drug-likeness (QED) is 0.615. The molecule has 3 rings (SSSR count). The Morgan fingerprint density at radius 3 is 2.54 bits per heavy atom. The first-order valence-electron chi connectivity index (χ1n) is 8.89. The third-order valence-electron chi connectivity index (χ3n) is 5.13. The van der Waals surface area contributed by atoms with E-state index in [9.17, 15) is 14.9 Å². The van der Waals surface area contributed by atoms with Crippen LogP contribution in [-0.2, 0) is 6.54 Å². The van der Waals surface area contributed by atoms with E-state index in [2.05, 4.69) is 18.9 Å². The van der Waals surface area contributed by atoms with Gasteiger partial charge in [-0.25, -0.2) is 0 Å². The van der Waals surface area contributed by atoms with E-state index in [1.54, 1.807) is 26.0 Å². The molecule has 8 nitrogen and oxygen atoms in total. The lowest BCUT2D eigenvalue weighted by Gasteiger charge is -2.38. The van der Waals surface area contributed by atoms with Gasteiger partial charge < -0.3 is 9.32 Å². The fourth-order valence-corrected chi connectivity index (χ4v) is 3.78. The highest BCUT2D eigenvalue weighted by molar-refractivity contribution is 5.92. The molecular formula is C18H24N4O4. The minimum Gasteiger partial charge on any atom is -0.454 e. The lowest BCUT2D eigenvalue weighted by molar-refractivity contribution is -0.386. The molecule has 1 aliphatic rings. The number of nitro groups is 1. The average Bonchev–Trinajstić information content (AvgIpc) is 3.12. The highest BCUT2D eigenvalue weighted by Gasteiger charge is 2.31. The van der Waals surface area contributed by atoms with Crippen LogP contribution >= 0.6 is 0 Å². The van der Waals surface area contributed by atoms with E-state index in [0.29, 0.717) is 22.9 Å². The Kier molecular flexibility index (Phi) is 4.84. The molecule has 0 spiro atoms. The normalized spacial score (nSPS) is 20.4. The third-order valence-corrected chi connectivity index (χ3v) is 5.13. The first kappa shape index (κ1) is 18.2. The van der Waals surface area contributed by atoms with Crippen molar-refractivity contribution in [3.05, 3.63) is 45.2 Å². The van der Waals surface area contributed by atoms with E-state index in [1.165, 1.54) is 4.68 Å². The van der Waals surface area contributed by atoms with E-state index in [0.717, 1.165) is 19.3 Å². The fraction of sp³-hybridized carbons (Fsp3) is 0.556. The molecule has 1 amide bonds. The molecular weight excluding hydrogens is 336 g/mol. The molecule has 2 atom stereocenters. The second kappa shape index (κ2) is 6.93. The van der Waals surface area contributed by atoms with Crippen LogP contribution < -0.4 is 0 Å². The summed E-state index contributed by atoms with van der Waals surface area (Å²) >= 11 is 0. The average molecular weight is 360 g/mol. The molecule has 0 radical (unpaired) electrons. The number of hydrogen-bond donors (Lipinski definition) is 0. The number of piperidine rings is 1. The van der Waals surface area contributed by atoms with Crippen LogP contribution in [0, 0.1) is 24.0 Å². The van der Waals surface area contributed by atoms with Crippen LogP contribution in [0.3, 0.4) is 0 Å². The van der Waals surface area contributed by atoms with Gasteiger partial charge in [0.2, 0.25) is 0 Å². The Morgan fingerprint density at radius 2 is 1.96 bits per heavy atom. The highest BCUT2D eigenvalue weighted by atomic mass is 16.6. The Bertz CT molecular complexity index is 828. The minimum absolute atomic E-state index is 0.0174. The Hall–Kier alpha value is -2.64. The highest BCUT2D eigenvalue weighted by Crippen LogP contribution is 2.26. The monoisotopic (exact) mass is 360 g/mol. The van der Waals surface area contributed by atoms with Crippen molar-refractivity contribution in [1.82, 2.24) is 14.7 Å². The van der Waals surface area contributed by atoms with E-state index >= 15 is 0 Å². The van der Waals surface area contributed by atoms with Gasteiger partial charge in [-0.1, -0.05) is 0 Å². The summed E-state index contributed by atoms with van der Waals surface area (Å²) in [5, 5.41) is 15.3. The predicted molar refractivity (Wildman–Crippen MR) is 95.1 cm³/mol. The molecule has 1 aliphatic heterocycles. The minimum atomic E-state index is -0.426. The number of aryl methyl sites for hydroxylation is 1. The van der Waals surface area contributed by atoms with Crippen molar-refractivity contribution in [3.63, 3.8) is 0 Å². The summed E-state index contributed by atoms with van der Waals surface area (Å²) in [4.78, 5) is 25.4. The number of nitrogens with zero attached hydrogens (tertiary/aromatic N) is 4. The molecule has 0 aromatic carbocycles. The van der Waals surface area contributed by atoms with Gasteiger partial charge in [-0.15, -0.1) is 0 Å². The van der Waals surface area contributed by atoms with Gasteiger partial charge in [0.05, 0.1) is 11.5 Å². The zero-order valence-corrected chi connectivity index (χ0v) is 15.6. The molecule has 2 aromatic rings. The lowest BCUT2D eigenvalue weighted by Crippen LogP contribution is -2.47. The van der Waals surface area contributed by atoms with Gasteiger partial charge in [0.1, 0.15) is 17.1 Å².